The van der Waals surface area contributed by atoms with E-state index >= 15 is 0 Å². The van der Waals surface area contributed by atoms with E-state index in [1.165, 1.54) is 11.1 Å². The number of nitrogens with zero attached hydrogens (tertiary/aromatic N) is 2. The molecule has 144 valence electrons. The van der Waals surface area contributed by atoms with Crippen molar-refractivity contribution >= 4 is 22.6 Å². The van der Waals surface area contributed by atoms with Crippen LogP contribution in [-0.2, 0) is 11.2 Å². The largest absolute Gasteiger partial charge is 0.484 e. The van der Waals surface area contributed by atoms with E-state index in [0.717, 1.165) is 72.5 Å². The van der Waals surface area contributed by atoms with Crippen LogP contribution in [0.4, 0.5) is 5.69 Å². The number of hydrogen-bond acceptors (Lipinski definition) is 3. The SMILES string of the molecule is C=CC1=C(C=C)CC2(CCc3c(N4CCCC4=O)cc4[nH]c(C)nc4c3O2)C1. The fraction of sp³-hybridized carbons (Fsp3) is 0.391. The second kappa shape index (κ2) is 6.09. The Morgan fingerprint density at radius 2 is 2.00 bits per heavy atom. The second-order valence-corrected chi connectivity index (χ2v) is 8.17. The molecule has 3 heterocycles. The third kappa shape index (κ3) is 2.45. The summed E-state index contributed by atoms with van der Waals surface area (Å²) in [5, 5.41) is 0. The predicted molar refractivity (Wildman–Crippen MR) is 111 cm³/mol. The Kier molecular flexibility index (Phi) is 3.76. The summed E-state index contributed by atoms with van der Waals surface area (Å²) in [6.07, 6.45) is 8.87. The van der Waals surface area contributed by atoms with E-state index < -0.39 is 0 Å². The molecule has 2 aliphatic heterocycles. The van der Waals surface area contributed by atoms with Gasteiger partial charge in [0.05, 0.1) is 11.2 Å². The van der Waals surface area contributed by atoms with Crippen LogP contribution in [0.5, 0.6) is 5.75 Å². The molecule has 1 aromatic heterocycles. The molecule has 3 aliphatic rings. The fourth-order valence-corrected chi connectivity index (χ4v) is 5.03. The number of ether oxygens (including phenoxy) is 1. The summed E-state index contributed by atoms with van der Waals surface area (Å²) >= 11 is 0. The molecule has 5 rings (SSSR count). The first-order valence-electron chi connectivity index (χ1n) is 10.0. The molecule has 5 heteroatoms. The molecule has 5 nitrogen and oxygen atoms in total. The lowest BCUT2D eigenvalue weighted by atomic mass is 9.86. The average molecular weight is 375 g/mol. The highest BCUT2D eigenvalue weighted by atomic mass is 16.5. The van der Waals surface area contributed by atoms with Gasteiger partial charge in [0.25, 0.3) is 0 Å². The Balaban J connectivity index is 1.63. The van der Waals surface area contributed by atoms with Crippen LogP contribution in [0.25, 0.3) is 11.0 Å². The summed E-state index contributed by atoms with van der Waals surface area (Å²) in [6, 6.07) is 2.08. The minimum Gasteiger partial charge on any atom is -0.484 e. The third-order valence-corrected chi connectivity index (χ3v) is 6.37. The van der Waals surface area contributed by atoms with E-state index in [1.807, 2.05) is 24.0 Å². The lowest BCUT2D eigenvalue weighted by molar-refractivity contribution is -0.117. The zero-order chi connectivity index (χ0) is 19.5. The molecular weight excluding hydrogens is 350 g/mol. The number of hydrogen-bond donors (Lipinski definition) is 1. The summed E-state index contributed by atoms with van der Waals surface area (Å²) < 4.78 is 6.75. The number of aryl methyl sites for hydroxylation is 1. The fourth-order valence-electron chi connectivity index (χ4n) is 5.03. The first-order chi connectivity index (χ1) is 13.5. The van der Waals surface area contributed by atoms with Gasteiger partial charge in [-0.2, -0.15) is 0 Å². The number of imidazole rings is 1. The van der Waals surface area contributed by atoms with Gasteiger partial charge in [-0.1, -0.05) is 25.3 Å². The molecule has 1 aliphatic carbocycles. The highest BCUT2D eigenvalue weighted by molar-refractivity contribution is 6.00. The van der Waals surface area contributed by atoms with Gasteiger partial charge in [-0.15, -0.1) is 0 Å². The Bertz CT molecular complexity index is 1040. The van der Waals surface area contributed by atoms with Crippen molar-refractivity contribution in [3.05, 3.63) is 53.9 Å². The first-order valence-corrected chi connectivity index (χ1v) is 10.0. The van der Waals surface area contributed by atoms with Crippen LogP contribution in [0.15, 0.2) is 42.5 Å². The molecule has 0 atom stereocenters. The van der Waals surface area contributed by atoms with Crippen LogP contribution < -0.4 is 9.64 Å². The Labute approximate surface area is 164 Å². The molecule has 28 heavy (non-hydrogen) atoms. The highest BCUT2D eigenvalue weighted by Gasteiger charge is 2.44. The molecule has 0 bridgehead atoms. The number of rotatable bonds is 3. The molecule has 0 radical (unpaired) electrons. The lowest BCUT2D eigenvalue weighted by Gasteiger charge is -2.37. The van der Waals surface area contributed by atoms with E-state index in [9.17, 15) is 4.79 Å². The lowest BCUT2D eigenvalue weighted by Crippen LogP contribution is -2.38. The van der Waals surface area contributed by atoms with Crippen LogP contribution in [0.2, 0.25) is 0 Å². The molecule has 1 amide bonds. The maximum Gasteiger partial charge on any atom is 0.227 e. The molecule has 0 saturated carbocycles. The number of anilines is 1. The molecule has 2 aromatic rings. The van der Waals surface area contributed by atoms with Crippen molar-refractivity contribution in [1.82, 2.24) is 9.97 Å². The van der Waals surface area contributed by atoms with Crippen LogP contribution >= 0.6 is 0 Å². The smallest absolute Gasteiger partial charge is 0.227 e. The van der Waals surface area contributed by atoms with Gasteiger partial charge in [0.2, 0.25) is 5.91 Å². The van der Waals surface area contributed by atoms with Crippen molar-refractivity contribution in [1.29, 1.82) is 0 Å². The van der Waals surface area contributed by atoms with E-state index in [1.54, 1.807) is 0 Å². The van der Waals surface area contributed by atoms with Gasteiger partial charge in [0.15, 0.2) is 5.75 Å². The number of amides is 1. The number of carbonyl (C=O) groups is 1. The molecular formula is C23H25N3O2. The van der Waals surface area contributed by atoms with Gasteiger partial charge in [0, 0.05) is 31.4 Å². The molecule has 1 spiro atoms. The molecule has 1 aromatic carbocycles. The van der Waals surface area contributed by atoms with Crippen LogP contribution in [0.1, 0.15) is 43.5 Å². The number of H-pyrrole nitrogens is 1. The summed E-state index contributed by atoms with van der Waals surface area (Å²) in [4.78, 5) is 22.4. The normalized spacial score (nSPS) is 20.8. The van der Waals surface area contributed by atoms with E-state index in [0.29, 0.717) is 6.42 Å². The maximum atomic E-state index is 12.4. The van der Waals surface area contributed by atoms with E-state index in [-0.39, 0.29) is 11.5 Å². The molecule has 1 N–H and O–H groups in total. The highest BCUT2D eigenvalue weighted by Crippen LogP contribution is 2.50. The summed E-state index contributed by atoms with van der Waals surface area (Å²) in [7, 11) is 0. The Morgan fingerprint density at radius 1 is 1.25 bits per heavy atom. The summed E-state index contributed by atoms with van der Waals surface area (Å²) in [5.74, 6) is 1.90. The van der Waals surface area contributed by atoms with E-state index in [4.69, 9.17) is 9.72 Å². The number of fused-ring (bicyclic) bond motifs is 3. The van der Waals surface area contributed by atoms with E-state index in [2.05, 4.69) is 24.2 Å². The zero-order valence-electron chi connectivity index (χ0n) is 16.3. The van der Waals surface area contributed by atoms with Crippen LogP contribution in [0.3, 0.4) is 0 Å². The van der Waals surface area contributed by atoms with Crippen molar-refractivity contribution in [3.63, 3.8) is 0 Å². The minimum absolute atomic E-state index is 0.198. The van der Waals surface area contributed by atoms with Crippen molar-refractivity contribution in [2.24, 2.45) is 0 Å². The summed E-state index contributed by atoms with van der Waals surface area (Å²) in [5.41, 5.74) is 6.08. The number of aromatic nitrogens is 2. The van der Waals surface area contributed by atoms with Gasteiger partial charge in [-0.3, -0.25) is 4.79 Å². The predicted octanol–water partition coefficient (Wildman–Crippen LogP) is 4.52. The average Bonchev–Trinajstić information content (AvgIpc) is 3.37. The van der Waals surface area contributed by atoms with Gasteiger partial charge < -0.3 is 14.6 Å². The van der Waals surface area contributed by atoms with Crippen molar-refractivity contribution < 1.29 is 9.53 Å². The Morgan fingerprint density at radius 3 is 2.64 bits per heavy atom. The second-order valence-electron chi connectivity index (χ2n) is 8.17. The zero-order valence-corrected chi connectivity index (χ0v) is 16.3. The number of allylic oxidation sites excluding steroid dienone is 2. The first kappa shape index (κ1) is 17.3. The number of nitrogens with one attached hydrogen (secondary N) is 1. The number of benzene rings is 1. The molecule has 1 fully saturated rings. The monoisotopic (exact) mass is 375 g/mol. The van der Waals surface area contributed by atoms with Crippen molar-refractivity contribution in [3.8, 4) is 5.75 Å². The van der Waals surface area contributed by atoms with Crippen molar-refractivity contribution in [2.45, 2.75) is 51.0 Å². The quantitative estimate of drug-likeness (QED) is 0.858. The standard InChI is InChI=1S/C23H25N3O2/c1-4-15-12-23(13-16(15)5-2)9-8-17-19(26-10-6-7-20(26)27)11-18-21(22(17)28-23)25-14(3)24-18/h4-5,11H,1-2,6-10,12-13H2,3H3,(H,24,25). The topological polar surface area (TPSA) is 58.2 Å². The maximum absolute atomic E-state index is 12.4. The van der Waals surface area contributed by atoms with Crippen LogP contribution in [0, 0.1) is 6.92 Å². The number of carbonyl (C=O) groups excluding carboxylic acids is 1. The molecule has 0 unspecified atom stereocenters. The van der Waals surface area contributed by atoms with Crippen molar-refractivity contribution in [2.75, 3.05) is 11.4 Å². The summed E-state index contributed by atoms with van der Waals surface area (Å²) in [6.45, 7) is 10.7. The van der Waals surface area contributed by atoms with Gasteiger partial charge >= 0.3 is 0 Å². The number of aromatic amines is 1. The van der Waals surface area contributed by atoms with Crippen LogP contribution in [-0.4, -0.2) is 28.0 Å². The molecule has 1 saturated heterocycles. The Hall–Kier alpha value is -2.82. The third-order valence-electron chi connectivity index (χ3n) is 6.37. The minimum atomic E-state index is -0.270. The van der Waals surface area contributed by atoms with Gasteiger partial charge in [-0.25, -0.2) is 4.98 Å². The van der Waals surface area contributed by atoms with Gasteiger partial charge in [0.1, 0.15) is 16.9 Å². The van der Waals surface area contributed by atoms with Gasteiger partial charge in [-0.05, 0) is 43.4 Å².